The maximum absolute atomic E-state index is 11.3. The van der Waals surface area contributed by atoms with Crippen molar-refractivity contribution in [3.8, 4) is 0 Å². The van der Waals surface area contributed by atoms with Crippen LogP contribution in [0.25, 0.3) is 0 Å². The minimum Gasteiger partial charge on any atom is -0.390 e. The Balaban J connectivity index is 1.44. The number of rotatable bonds is 8. The number of hydrogen-bond donors (Lipinski definition) is 9. The average molecular weight is 602 g/mol. The van der Waals surface area contributed by atoms with E-state index in [2.05, 4.69) is 12.1 Å². The molecule has 3 aliphatic rings. The molecule has 1 saturated carbocycles. The highest BCUT2D eigenvalue weighted by atomic mass is 32.2. The van der Waals surface area contributed by atoms with Crippen molar-refractivity contribution in [1.82, 2.24) is 0 Å². The van der Waals surface area contributed by atoms with Gasteiger partial charge in [0.15, 0.2) is 12.6 Å². The normalized spacial score (nSPS) is 43.7. The molecule has 234 valence electrons. The first-order valence-electron chi connectivity index (χ1n) is 14.1. The van der Waals surface area contributed by atoms with Crippen molar-refractivity contribution in [3.63, 3.8) is 0 Å². The molecule has 0 spiro atoms. The molecule has 1 aliphatic carbocycles. The maximum atomic E-state index is 11.3. The van der Waals surface area contributed by atoms with Crippen molar-refractivity contribution in [1.29, 1.82) is 0 Å². The van der Waals surface area contributed by atoms with E-state index in [0.717, 1.165) is 21.6 Å². The summed E-state index contributed by atoms with van der Waals surface area (Å²) in [5.41, 5.74) is 34.0. The number of aryl methyl sites for hydroxylation is 3. The standard InChI is InChI=1S/C27H47N5O8S/c1-10-4-11(2)25(12(3)5-10)41-9-18-20(34)19(32)21(35)27(38-18)40-24-14(30)6-13(29)23(22(24)36)39-26-15(31)7-16(33)17(8-28)37-26/h4-5,13-24,26-27,33-36H,6-9,28-32H2,1-3H3/t13-,14+,15+,16-,17+,18+,19-,20+,21+,22-,23+,24-,26+,27+/m0/s1. The Morgan fingerprint density at radius 3 is 1.93 bits per heavy atom. The molecule has 14 N–H and O–H groups in total. The van der Waals surface area contributed by atoms with Crippen molar-refractivity contribution >= 4 is 11.8 Å². The van der Waals surface area contributed by atoms with Gasteiger partial charge < -0.3 is 68.0 Å². The molecule has 1 aromatic carbocycles. The molecule has 14 heteroatoms. The SMILES string of the molecule is Cc1cc(C)c(SC[C@H]2O[C@H](O[C@@H]3[C@@H](O)[C@H](O[C@H]4O[C@H](CN)[C@@H](O)C[C@H]4N)[C@@H](N)C[C@H]3N)[C@H](O)[C@@H](N)[C@@H]2O)c(C)c1. The highest BCUT2D eigenvalue weighted by molar-refractivity contribution is 7.99. The summed E-state index contributed by atoms with van der Waals surface area (Å²) in [6.07, 6.45) is -9.98. The second kappa shape index (κ2) is 13.8. The van der Waals surface area contributed by atoms with Crippen LogP contribution in [0.1, 0.15) is 29.5 Å². The van der Waals surface area contributed by atoms with Gasteiger partial charge in [-0.05, 0) is 44.7 Å². The number of aliphatic hydroxyl groups excluding tert-OH is 4. The third-order valence-electron chi connectivity index (χ3n) is 8.23. The quantitative estimate of drug-likeness (QED) is 0.139. The van der Waals surface area contributed by atoms with Gasteiger partial charge in [-0.3, -0.25) is 0 Å². The fourth-order valence-corrected chi connectivity index (χ4v) is 7.15. The molecule has 1 aromatic rings. The largest absolute Gasteiger partial charge is 0.390 e. The summed E-state index contributed by atoms with van der Waals surface area (Å²) < 4.78 is 23.9. The Morgan fingerprint density at radius 2 is 1.34 bits per heavy atom. The minimum atomic E-state index is -1.38. The summed E-state index contributed by atoms with van der Waals surface area (Å²) in [6.45, 7) is 6.16. The van der Waals surface area contributed by atoms with Crippen LogP contribution in [0.3, 0.4) is 0 Å². The zero-order valence-corrected chi connectivity index (χ0v) is 24.6. The molecule has 2 aliphatic heterocycles. The Labute approximate surface area is 245 Å². The van der Waals surface area contributed by atoms with Gasteiger partial charge in [-0.1, -0.05) is 17.7 Å². The van der Waals surface area contributed by atoms with E-state index >= 15 is 0 Å². The lowest BCUT2D eigenvalue weighted by atomic mass is 9.84. The third kappa shape index (κ3) is 7.24. The van der Waals surface area contributed by atoms with E-state index in [9.17, 15) is 20.4 Å². The van der Waals surface area contributed by atoms with Crippen LogP contribution in [0, 0.1) is 20.8 Å². The Bertz CT molecular complexity index is 1000. The first-order chi connectivity index (χ1) is 19.3. The van der Waals surface area contributed by atoms with Crippen LogP contribution in [0.5, 0.6) is 0 Å². The zero-order chi connectivity index (χ0) is 30.2. The van der Waals surface area contributed by atoms with Crippen LogP contribution in [-0.4, -0.2) is 118 Å². The lowest BCUT2D eigenvalue weighted by molar-refractivity contribution is -0.309. The van der Waals surface area contributed by atoms with Gasteiger partial charge in [0.2, 0.25) is 0 Å². The highest BCUT2D eigenvalue weighted by Crippen LogP contribution is 2.34. The van der Waals surface area contributed by atoms with Gasteiger partial charge in [-0.15, -0.1) is 11.8 Å². The number of ether oxygens (including phenoxy) is 4. The predicted molar refractivity (Wildman–Crippen MR) is 153 cm³/mol. The van der Waals surface area contributed by atoms with Crippen LogP contribution < -0.4 is 28.7 Å². The van der Waals surface area contributed by atoms with E-state index in [0.29, 0.717) is 5.75 Å². The second-order valence-electron chi connectivity index (χ2n) is 11.6. The Kier molecular flexibility index (Phi) is 11.1. The monoisotopic (exact) mass is 601 g/mol. The second-order valence-corrected chi connectivity index (χ2v) is 12.7. The van der Waals surface area contributed by atoms with E-state index in [1.54, 1.807) is 0 Å². The molecule has 4 rings (SSSR count). The van der Waals surface area contributed by atoms with Crippen molar-refractivity contribution < 1.29 is 39.4 Å². The molecule has 41 heavy (non-hydrogen) atoms. The summed E-state index contributed by atoms with van der Waals surface area (Å²) in [6, 6.07) is 1.05. The van der Waals surface area contributed by atoms with E-state index in [1.807, 2.05) is 20.8 Å². The topological polar surface area (TPSA) is 248 Å². The van der Waals surface area contributed by atoms with Crippen LogP contribution in [0.2, 0.25) is 0 Å². The summed E-state index contributed by atoms with van der Waals surface area (Å²) >= 11 is 1.53. The summed E-state index contributed by atoms with van der Waals surface area (Å²) in [4.78, 5) is 1.08. The molecule has 0 amide bonds. The smallest absolute Gasteiger partial charge is 0.186 e. The first kappa shape index (κ1) is 33.0. The molecular formula is C27H47N5O8S. The number of nitrogens with two attached hydrogens (primary N) is 5. The predicted octanol–water partition coefficient (Wildman–Crippen LogP) is -2.57. The van der Waals surface area contributed by atoms with Crippen molar-refractivity contribution in [3.05, 3.63) is 28.8 Å². The van der Waals surface area contributed by atoms with E-state index in [4.69, 9.17) is 47.6 Å². The summed E-state index contributed by atoms with van der Waals surface area (Å²) in [5.74, 6) is 0.354. The van der Waals surface area contributed by atoms with Gasteiger partial charge in [-0.25, -0.2) is 0 Å². The van der Waals surface area contributed by atoms with Crippen LogP contribution >= 0.6 is 11.8 Å². The van der Waals surface area contributed by atoms with Crippen molar-refractivity contribution in [2.24, 2.45) is 28.7 Å². The van der Waals surface area contributed by atoms with Crippen LogP contribution in [-0.2, 0) is 18.9 Å². The van der Waals surface area contributed by atoms with Gasteiger partial charge >= 0.3 is 0 Å². The molecule has 0 bridgehead atoms. The molecular weight excluding hydrogens is 554 g/mol. The molecule has 0 aromatic heterocycles. The number of benzene rings is 1. The average Bonchev–Trinajstić information content (AvgIpc) is 2.90. The fourth-order valence-electron chi connectivity index (χ4n) is 5.97. The van der Waals surface area contributed by atoms with Crippen molar-refractivity contribution in [2.45, 2.75) is 124 Å². The van der Waals surface area contributed by atoms with E-state index in [1.165, 1.54) is 11.8 Å². The minimum absolute atomic E-state index is 0.0646. The Hall–Kier alpha value is -0.950. The first-order valence-corrected chi connectivity index (χ1v) is 15.1. The highest BCUT2D eigenvalue weighted by Gasteiger charge is 2.50. The number of thioether (sulfide) groups is 1. The summed E-state index contributed by atoms with van der Waals surface area (Å²) in [5, 5.41) is 43.1. The molecule has 2 saturated heterocycles. The third-order valence-corrected chi connectivity index (χ3v) is 9.66. The van der Waals surface area contributed by atoms with Crippen LogP contribution in [0.4, 0.5) is 0 Å². The van der Waals surface area contributed by atoms with Gasteiger partial charge in [-0.2, -0.15) is 0 Å². The van der Waals surface area contributed by atoms with Crippen LogP contribution in [0.15, 0.2) is 17.0 Å². The molecule has 2 heterocycles. The lowest BCUT2D eigenvalue weighted by Gasteiger charge is -2.48. The molecule has 0 radical (unpaired) electrons. The maximum Gasteiger partial charge on any atom is 0.186 e. The van der Waals surface area contributed by atoms with E-state index < -0.39 is 85.6 Å². The molecule has 14 atom stereocenters. The molecule has 3 fully saturated rings. The van der Waals surface area contributed by atoms with E-state index in [-0.39, 0.29) is 19.4 Å². The fraction of sp³-hybridized carbons (Fsp3) is 0.778. The van der Waals surface area contributed by atoms with Gasteiger partial charge in [0, 0.05) is 29.3 Å². The van der Waals surface area contributed by atoms with Gasteiger partial charge in [0.25, 0.3) is 0 Å². The van der Waals surface area contributed by atoms with Crippen molar-refractivity contribution in [2.75, 3.05) is 12.3 Å². The summed E-state index contributed by atoms with van der Waals surface area (Å²) in [7, 11) is 0. The zero-order valence-electron chi connectivity index (χ0n) is 23.8. The molecule has 0 unspecified atom stereocenters. The Morgan fingerprint density at radius 1 is 0.780 bits per heavy atom. The van der Waals surface area contributed by atoms with Gasteiger partial charge in [0.05, 0.1) is 36.5 Å². The number of hydrogen-bond acceptors (Lipinski definition) is 14. The number of aliphatic hydroxyl groups is 4. The van der Waals surface area contributed by atoms with Gasteiger partial charge in [0.1, 0.15) is 24.4 Å². The lowest BCUT2D eigenvalue weighted by Crippen LogP contribution is -2.68. The molecule has 13 nitrogen and oxygen atoms in total.